The number of pyridine rings is 1. The van der Waals surface area contributed by atoms with Crippen LogP contribution in [0.4, 0.5) is 11.5 Å². The number of hydrogen-bond donors (Lipinski definition) is 0. The number of ether oxygens (including phenoxy) is 1. The van der Waals surface area contributed by atoms with Crippen molar-refractivity contribution >= 4 is 21.5 Å². The number of benzene rings is 1. The quantitative estimate of drug-likeness (QED) is 0.759. The zero-order valence-electron chi connectivity index (χ0n) is 16.2. The number of nitrogens with one attached hydrogen (secondary N) is 1. The van der Waals surface area contributed by atoms with Crippen molar-refractivity contribution in [2.24, 2.45) is 0 Å². The van der Waals surface area contributed by atoms with Crippen LogP contribution >= 0.6 is 0 Å². The zero-order valence-corrected chi connectivity index (χ0v) is 17.0. The molecular formula is C20H27N4O3S+. The minimum Gasteiger partial charge on any atom is -0.497 e. The molecule has 0 atom stereocenters. The molecule has 0 saturated carbocycles. The summed E-state index contributed by atoms with van der Waals surface area (Å²) in [5.41, 5.74) is 1.19. The van der Waals surface area contributed by atoms with Gasteiger partial charge in [0.25, 0.3) is 5.82 Å². The predicted molar refractivity (Wildman–Crippen MR) is 108 cm³/mol. The Morgan fingerprint density at radius 3 is 2.07 bits per heavy atom. The Kier molecular flexibility index (Phi) is 5.41. The monoisotopic (exact) mass is 403 g/mol. The fourth-order valence-electron chi connectivity index (χ4n) is 3.84. The lowest BCUT2D eigenvalue weighted by molar-refractivity contribution is -0.367. The Hall–Kier alpha value is -2.32. The summed E-state index contributed by atoms with van der Waals surface area (Å²) in [5.74, 6) is 1.82. The summed E-state index contributed by atoms with van der Waals surface area (Å²) in [5, 5.41) is 0. The Labute approximate surface area is 166 Å². The molecule has 0 amide bonds. The summed E-state index contributed by atoms with van der Waals surface area (Å²) >= 11 is 0. The van der Waals surface area contributed by atoms with Crippen LogP contribution in [0.5, 0.6) is 5.75 Å². The number of anilines is 2. The van der Waals surface area contributed by atoms with Crippen LogP contribution in [0.3, 0.4) is 0 Å². The standard InChI is InChI=1S/C20H26N4O3S/c1-27-18-6-4-17(5-7-18)22-12-14-23(15-13-22)20-9-8-19(16-21-20)28(25,26)24-10-2-3-11-24/h4-9,16H,2-3,10-15H2,1H3/p+1. The molecule has 150 valence electrons. The first kappa shape index (κ1) is 19.0. The van der Waals surface area contributed by atoms with E-state index in [1.165, 1.54) is 5.69 Å². The summed E-state index contributed by atoms with van der Waals surface area (Å²) in [6, 6.07) is 11.7. The predicted octanol–water partition coefficient (Wildman–Crippen LogP) is 1.62. The average Bonchev–Trinajstić information content (AvgIpc) is 3.30. The van der Waals surface area contributed by atoms with Crippen molar-refractivity contribution in [2.45, 2.75) is 17.7 Å². The Morgan fingerprint density at radius 1 is 0.857 bits per heavy atom. The number of sulfonamides is 1. The third-order valence-electron chi connectivity index (χ3n) is 5.53. The smallest absolute Gasteiger partial charge is 0.274 e. The third kappa shape index (κ3) is 3.79. The van der Waals surface area contributed by atoms with Gasteiger partial charge in [-0.1, -0.05) is 0 Å². The highest BCUT2D eigenvalue weighted by molar-refractivity contribution is 7.89. The highest BCUT2D eigenvalue weighted by Crippen LogP contribution is 2.23. The topological polar surface area (TPSA) is 67.2 Å². The number of piperazine rings is 1. The van der Waals surface area contributed by atoms with Gasteiger partial charge in [-0.3, -0.25) is 4.90 Å². The van der Waals surface area contributed by atoms with Gasteiger partial charge >= 0.3 is 0 Å². The SMILES string of the molecule is COc1ccc(N2CCN(c3ccc(S(=O)(=O)N4CCCC4)c[nH+]3)CC2)cc1. The van der Waals surface area contributed by atoms with Crippen molar-refractivity contribution in [1.29, 1.82) is 0 Å². The molecule has 7 nitrogen and oxygen atoms in total. The van der Waals surface area contributed by atoms with Gasteiger partial charge in [-0.25, -0.2) is 13.4 Å². The molecule has 2 saturated heterocycles. The molecule has 0 spiro atoms. The maximum absolute atomic E-state index is 12.6. The molecule has 2 fully saturated rings. The van der Waals surface area contributed by atoms with Crippen molar-refractivity contribution in [3.8, 4) is 5.75 Å². The second-order valence-electron chi connectivity index (χ2n) is 7.19. The summed E-state index contributed by atoms with van der Waals surface area (Å²) in [7, 11) is -1.70. The lowest BCUT2D eigenvalue weighted by Crippen LogP contribution is -2.48. The highest BCUT2D eigenvalue weighted by atomic mass is 32.2. The van der Waals surface area contributed by atoms with E-state index < -0.39 is 10.0 Å². The zero-order chi connectivity index (χ0) is 19.6. The van der Waals surface area contributed by atoms with E-state index in [2.05, 4.69) is 26.9 Å². The molecular weight excluding hydrogens is 376 g/mol. The first-order valence-corrected chi connectivity index (χ1v) is 11.2. The summed E-state index contributed by atoms with van der Waals surface area (Å²) in [6.07, 6.45) is 3.51. The third-order valence-corrected chi connectivity index (χ3v) is 7.42. The van der Waals surface area contributed by atoms with E-state index in [1.807, 2.05) is 18.2 Å². The number of hydrogen-bond acceptors (Lipinski definition) is 5. The van der Waals surface area contributed by atoms with Crippen LogP contribution in [-0.2, 0) is 10.0 Å². The van der Waals surface area contributed by atoms with E-state index in [9.17, 15) is 8.42 Å². The molecule has 2 aliphatic rings. The Bertz CT molecular complexity index is 886. The van der Waals surface area contributed by atoms with E-state index >= 15 is 0 Å². The minimum atomic E-state index is -3.37. The maximum atomic E-state index is 12.6. The van der Waals surface area contributed by atoms with Gasteiger partial charge in [-0.2, -0.15) is 4.31 Å². The second-order valence-corrected chi connectivity index (χ2v) is 9.13. The lowest BCUT2D eigenvalue weighted by Gasteiger charge is -2.32. The van der Waals surface area contributed by atoms with Crippen molar-refractivity contribution in [3.63, 3.8) is 0 Å². The summed E-state index contributed by atoms with van der Waals surface area (Å²) in [6.45, 7) is 4.82. The molecule has 28 heavy (non-hydrogen) atoms. The highest BCUT2D eigenvalue weighted by Gasteiger charge is 2.29. The first-order valence-electron chi connectivity index (χ1n) is 9.74. The lowest BCUT2D eigenvalue weighted by atomic mass is 10.2. The molecule has 0 radical (unpaired) electrons. The molecule has 1 N–H and O–H groups in total. The van der Waals surface area contributed by atoms with Crippen LogP contribution < -0.4 is 19.5 Å². The summed E-state index contributed by atoms with van der Waals surface area (Å²) in [4.78, 5) is 8.14. The normalized spacial score (nSPS) is 18.5. The Balaban J connectivity index is 1.39. The maximum Gasteiger partial charge on any atom is 0.274 e. The van der Waals surface area contributed by atoms with Crippen LogP contribution in [0.25, 0.3) is 0 Å². The van der Waals surface area contributed by atoms with Crippen LogP contribution in [0.1, 0.15) is 12.8 Å². The van der Waals surface area contributed by atoms with Crippen LogP contribution in [0.2, 0.25) is 0 Å². The van der Waals surface area contributed by atoms with E-state index in [0.717, 1.165) is 50.6 Å². The van der Waals surface area contributed by atoms with Crippen LogP contribution in [-0.4, -0.2) is 59.1 Å². The molecule has 3 heterocycles. The molecule has 1 aromatic carbocycles. The van der Waals surface area contributed by atoms with Gasteiger partial charge in [0.15, 0.2) is 0 Å². The van der Waals surface area contributed by atoms with Crippen LogP contribution in [0.15, 0.2) is 47.5 Å². The molecule has 8 heteroatoms. The van der Waals surface area contributed by atoms with Crippen molar-refractivity contribution in [2.75, 3.05) is 56.2 Å². The molecule has 0 bridgehead atoms. The average molecular weight is 404 g/mol. The largest absolute Gasteiger partial charge is 0.497 e. The second kappa shape index (κ2) is 7.97. The van der Waals surface area contributed by atoms with Gasteiger partial charge in [-0.15, -0.1) is 0 Å². The van der Waals surface area contributed by atoms with E-state index in [1.54, 1.807) is 23.7 Å². The van der Waals surface area contributed by atoms with E-state index in [0.29, 0.717) is 18.0 Å². The Morgan fingerprint density at radius 2 is 1.50 bits per heavy atom. The number of aromatic nitrogens is 1. The first-order chi connectivity index (χ1) is 13.6. The fourth-order valence-corrected chi connectivity index (χ4v) is 5.32. The van der Waals surface area contributed by atoms with Crippen LogP contribution in [0, 0.1) is 0 Å². The molecule has 2 aromatic rings. The summed E-state index contributed by atoms with van der Waals surface area (Å²) < 4.78 is 32.1. The van der Waals surface area contributed by atoms with Gasteiger partial charge in [0, 0.05) is 24.8 Å². The van der Waals surface area contributed by atoms with Gasteiger partial charge in [-0.05, 0) is 43.2 Å². The molecule has 4 rings (SSSR count). The van der Waals surface area contributed by atoms with Crippen molar-refractivity contribution < 1.29 is 18.1 Å². The number of methoxy groups -OCH3 is 1. The number of nitrogens with zero attached hydrogens (tertiary/aromatic N) is 3. The molecule has 1 aromatic heterocycles. The van der Waals surface area contributed by atoms with Gasteiger partial charge in [0.1, 0.15) is 29.9 Å². The van der Waals surface area contributed by atoms with Gasteiger partial charge in [0.2, 0.25) is 10.0 Å². The van der Waals surface area contributed by atoms with E-state index in [-0.39, 0.29) is 0 Å². The molecule has 2 aliphatic heterocycles. The minimum absolute atomic E-state index is 0.343. The fraction of sp³-hybridized carbons (Fsp3) is 0.450. The van der Waals surface area contributed by atoms with Crippen molar-refractivity contribution in [3.05, 3.63) is 42.6 Å². The number of aromatic amines is 1. The van der Waals surface area contributed by atoms with Gasteiger partial charge in [0.05, 0.1) is 20.2 Å². The van der Waals surface area contributed by atoms with Gasteiger partial charge < -0.3 is 9.64 Å². The number of rotatable bonds is 5. The van der Waals surface area contributed by atoms with Crippen molar-refractivity contribution in [1.82, 2.24) is 4.31 Å². The number of H-pyrrole nitrogens is 1. The van der Waals surface area contributed by atoms with E-state index in [4.69, 9.17) is 4.74 Å². The molecule has 0 unspecified atom stereocenters. The molecule has 0 aliphatic carbocycles.